The minimum Gasteiger partial charge on any atom is -0.495 e. The van der Waals surface area contributed by atoms with E-state index in [1.165, 1.54) is 0 Å². The van der Waals surface area contributed by atoms with Gasteiger partial charge >= 0.3 is 0 Å². The summed E-state index contributed by atoms with van der Waals surface area (Å²) in [6, 6.07) is 15.6. The molecule has 3 aromatic rings. The maximum atomic E-state index is 5.67. The molecule has 0 saturated carbocycles. The number of benzene rings is 2. The first-order chi connectivity index (χ1) is 13.1. The van der Waals surface area contributed by atoms with Crippen molar-refractivity contribution in [3.63, 3.8) is 0 Å². The van der Waals surface area contributed by atoms with Crippen LogP contribution in [0.3, 0.4) is 0 Å². The summed E-state index contributed by atoms with van der Waals surface area (Å²) in [6.45, 7) is 6.45. The Hall–Kier alpha value is -3.28. The van der Waals surface area contributed by atoms with E-state index in [9.17, 15) is 0 Å². The van der Waals surface area contributed by atoms with E-state index < -0.39 is 0 Å². The van der Waals surface area contributed by atoms with Gasteiger partial charge in [0.25, 0.3) is 0 Å². The van der Waals surface area contributed by atoms with Crippen molar-refractivity contribution in [2.45, 2.75) is 20.8 Å². The molecule has 27 heavy (non-hydrogen) atoms. The van der Waals surface area contributed by atoms with Gasteiger partial charge in [-0.05, 0) is 50.6 Å². The number of nitrogens with one attached hydrogen (secondary N) is 2. The number of para-hydroxylation sites is 2. The van der Waals surface area contributed by atoms with Crippen LogP contribution in [0.15, 0.2) is 48.5 Å². The molecule has 0 spiro atoms. The van der Waals surface area contributed by atoms with E-state index in [1.54, 1.807) is 7.11 Å². The van der Waals surface area contributed by atoms with E-state index in [1.807, 2.05) is 69.3 Å². The quantitative estimate of drug-likeness (QED) is 0.616. The summed E-state index contributed by atoms with van der Waals surface area (Å²) >= 11 is 0. The predicted molar refractivity (Wildman–Crippen MR) is 109 cm³/mol. The smallest absolute Gasteiger partial charge is 0.142 e. The zero-order valence-corrected chi connectivity index (χ0v) is 16.0. The van der Waals surface area contributed by atoms with Crippen LogP contribution >= 0.6 is 0 Å². The number of rotatable bonds is 7. The van der Waals surface area contributed by atoms with Crippen LogP contribution < -0.4 is 20.1 Å². The molecule has 0 unspecified atom stereocenters. The summed E-state index contributed by atoms with van der Waals surface area (Å²) in [7, 11) is 1.65. The Balaban J connectivity index is 1.88. The number of hydrogen-bond donors (Lipinski definition) is 2. The molecule has 0 fully saturated rings. The van der Waals surface area contributed by atoms with Gasteiger partial charge in [0.15, 0.2) is 0 Å². The lowest BCUT2D eigenvalue weighted by atomic mass is 10.2. The number of methoxy groups -OCH3 is 1. The average Bonchev–Trinajstić information content (AvgIpc) is 2.63. The Bertz CT molecular complexity index is 928. The fourth-order valence-electron chi connectivity index (χ4n) is 2.74. The third kappa shape index (κ3) is 4.67. The molecular weight excluding hydrogens is 340 g/mol. The second-order valence-electron chi connectivity index (χ2n) is 6.07. The maximum absolute atomic E-state index is 5.67. The minimum absolute atomic E-state index is 0.599. The van der Waals surface area contributed by atoms with Gasteiger partial charge in [-0.1, -0.05) is 18.2 Å². The highest BCUT2D eigenvalue weighted by Gasteiger charge is 2.09. The van der Waals surface area contributed by atoms with Gasteiger partial charge in [0, 0.05) is 6.07 Å². The van der Waals surface area contributed by atoms with Gasteiger partial charge in [0.05, 0.1) is 25.1 Å². The molecule has 0 amide bonds. The van der Waals surface area contributed by atoms with Crippen LogP contribution in [0.1, 0.15) is 18.3 Å². The van der Waals surface area contributed by atoms with Gasteiger partial charge in [0.2, 0.25) is 0 Å². The van der Waals surface area contributed by atoms with E-state index in [2.05, 4.69) is 20.6 Å². The van der Waals surface area contributed by atoms with Crippen molar-refractivity contribution < 1.29 is 9.47 Å². The third-order valence-corrected chi connectivity index (χ3v) is 3.91. The number of aromatic nitrogens is 2. The molecule has 140 valence electrons. The molecule has 2 aromatic carbocycles. The molecule has 0 radical (unpaired) electrons. The molecule has 0 bridgehead atoms. The van der Waals surface area contributed by atoms with Crippen LogP contribution in [0, 0.1) is 13.8 Å². The van der Waals surface area contributed by atoms with Gasteiger partial charge in [0.1, 0.15) is 29.0 Å². The molecular formula is C21H24N4O2. The van der Waals surface area contributed by atoms with Crippen molar-refractivity contribution in [2.75, 3.05) is 24.4 Å². The van der Waals surface area contributed by atoms with Gasteiger partial charge in [-0.25, -0.2) is 9.97 Å². The number of anilines is 4. The zero-order valence-electron chi connectivity index (χ0n) is 16.0. The minimum atomic E-state index is 0.599. The Morgan fingerprint density at radius 1 is 0.852 bits per heavy atom. The van der Waals surface area contributed by atoms with Gasteiger partial charge in [-0.3, -0.25) is 0 Å². The third-order valence-electron chi connectivity index (χ3n) is 3.91. The fourth-order valence-corrected chi connectivity index (χ4v) is 2.74. The Morgan fingerprint density at radius 3 is 2.26 bits per heavy atom. The normalized spacial score (nSPS) is 10.4. The van der Waals surface area contributed by atoms with Crippen LogP contribution in [0.2, 0.25) is 0 Å². The lowest BCUT2D eigenvalue weighted by Crippen LogP contribution is -2.03. The molecule has 3 rings (SSSR count). The molecule has 6 nitrogen and oxygen atoms in total. The monoisotopic (exact) mass is 364 g/mol. The van der Waals surface area contributed by atoms with E-state index in [0.717, 1.165) is 28.4 Å². The number of ether oxygens (including phenoxy) is 2. The van der Waals surface area contributed by atoms with Crippen molar-refractivity contribution in [1.29, 1.82) is 0 Å². The summed E-state index contributed by atoms with van der Waals surface area (Å²) in [5, 5.41) is 6.64. The van der Waals surface area contributed by atoms with E-state index in [0.29, 0.717) is 24.1 Å². The molecule has 0 aliphatic rings. The van der Waals surface area contributed by atoms with Crippen molar-refractivity contribution in [1.82, 2.24) is 9.97 Å². The Kier molecular flexibility index (Phi) is 5.76. The van der Waals surface area contributed by atoms with Crippen molar-refractivity contribution in [3.8, 4) is 11.5 Å². The first-order valence-electron chi connectivity index (χ1n) is 8.85. The first kappa shape index (κ1) is 18.5. The average molecular weight is 364 g/mol. The Morgan fingerprint density at radius 2 is 1.56 bits per heavy atom. The molecule has 1 heterocycles. The zero-order chi connectivity index (χ0) is 19.2. The highest BCUT2D eigenvalue weighted by atomic mass is 16.5. The molecule has 0 saturated heterocycles. The van der Waals surface area contributed by atoms with Gasteiger partial charge in [-0.15, -0.1) is 0 Å². The number of nitrogens with zero attached hydrogens (tertiary/aromatic N) is 2. The van der Waals surface area contributed by atoms with Crippen molar-refractivity contribution in [3.05, 3.63) is 59.9 Å². The molecule has 0 aliphatic heterocycles. The molecule has 6 heteroatoms. The Labute approximate surface area is 159 Å². The van der Waals surface area contributed by atoms with E-state index in [4.69, 9.17) is 9.47 Å². The standard InChI is InChI=1S/C21H24N4O2/c1-5-27-19-9-7-6-8-16(19)24-20-13-21(23-15(3)22-20)25-17-12-14(2)10-11-18(17)26-4/h6-13H,5H2,1-4H3,(H2,22,23,24,25). The van der Waals surface area contributed by atoms with Crippen LogP contribution in [0.5, 0.6) is 11.5 Å². The van der Waals surface area contributed by atoms with Crippen LogP contribution in [0.4, 0.5) is 23.0 Å². The van der Waals surface area contributed by atoms with Gasteiger partial charge in [-0.2, -0.15) is 0 Å². The largest absolute Gasteiger partial charge is 0.495 e. The highest BCUT2D eigenvalue weighted by Crippen LogP contribution is 2.30. The SMILES string of the molecule is CCOc1ccccc1Nc1cc(Nc2cc(C)ccc2OC)nc(C)n1. The fraction of sp³-hybridized carbons (Fsp3) is 0.238. The second kappa shape index (κ2) is 8.40. The number of hydrogen-bond acceptors (Lipinski definition) is 6. The molecule has 2 N–H and O–H groups in total. The summed E-state index contributed by atoms with van der Waals surface area (Å²) in [5.74, 6) is 3.56. The highest BCUT2D eigenvalue weighted by molar-refractivity contribution is 5.69. The summed E-state index contributed by atoms with van der Waals surface area (Å²) in [5.41, 5.74) is 2.85. The van der Waals surface area contributed by atoms with Crippen LogP contribution in [-0.2, 0) is 0 Å². The predicted octanol–water partition coefficient (Wildman–Crippen LogP) is 4.99. The van der Waals surface area contributed by atoms with Crippen molar-refractivity contribution >= 4 is 23.0 Å². The topological polar surface area (TPSA) is 68.3 Å². The molecule has 1 aromatic heterocycles. The van der Waals surface area contributed by atoms with E-state index >= 15 is 0 Å². The van der Waals surface area contributed by atoms with Crippen molar-refractivity contribution in [2.24, 2.45) is 0 Å². The van der Waals surface area contributed by atoms with Crippen LogP contribution in [-0.4, -0.2) is 23.7 Å². The van der Waals surface area contributed by atoms with E-state index in [-0.39, 0.29) is 0 Å². The molecule has 0 atom stereocenters. The lowest BCUT2D eigenvalue weighted by Gasteiger charge is -2.14. The summed E-state index contributed by atoms with van der Waals surface area (Å²) < 4.78 is 11.1. The first-order valence-corrected chi connectivity index (χ1v) is 8.85. The lowest BCUT2D eigenvalue weighted by molar-refractivity contribution is 0.342. The maximum Gasteiger partial charge on any atom is 0.142 e. The summed E-state index contributed by atoms with van der Waals surface area (Å²) in [6.07, 6.45) is 0. The second-order valence-corrected chi connectivity index (χ2v) is 6.07. The van der Waals surface area contributed by atoms with Crippen LogP contribution in [0.25, 0.3) is 0 Å². The molecule has 0 aliphatic carbocycles. The van der Waals surface area contributed by atoms with Gasteiger partial charge < -0.3 is 20.1 Å². The summed E-state index contributed by atoms with van der Waals surface area (Å²) in [4.78, 5) is 8.97. The number of aryl methyl sites for hydroxylation is 2.